The first kappa shape index (κ1) is 14.9. The van der Waals surface area contributed by atoms with Crippen LogP contribution in [0.1, 0.15) is 17.4 Å². The molecule has 108 valence electrons. The molecule has 0 aliphatic rings. The molecule has 0 aliphatic heterocycles. The lowest BCUT2D eigenvalue weighted by molar-refractivity contribution is 0.250. The molecule has 0 fully saturated rings. The lowest BCUT2D eigenvalue weighted by Gasteiger charge is -2.23. The molecule has 1 aromatic heterocycles. The average Bonchev–Trinajstić information content (AvgIpc) is 2.90. The van der Waals surface area contributed by atoms with Gasteiger partial charge in [0.25, 0.3) is 0 Å². The molecule has 0 bridgehead atoms. The largest absolute Gasteiger partial charge is 0.508 e. The summed E-state index contributed by atoms with van der Waals surface area (Å²) in [6.07, 6.45) is 1.67. The van der Waals surface area contributed by atoms with E-state index < -0.39 is 0 Å². The van der Waals surface area contributed by atoms with Crippen molar-refractivity contribution in [2.24, 2.45) is 0 Å². The van der Waals surface area contributed by atoms with Gasteiger partial charge in [-0.05, 0) is 38.4 Å². The van der Waals surface area contributed by atoms with E-state index in [1.54, 1.807) is 24.5 Å². The second-order valence-corrected chi connectivity index (χ2v) is 5.27. The van der Waals surface area contributed by atoms with Gasteiger partial charge in [-0.2, -0.15) is 0 Å². The molecule has 1 aromatic carbocycles. The molecular weight excluding hydrogens is 276 g/mol. The average molecular weight is 295 g/mol. The topological polar surface area (TPSA) is 48.6 Å². The van der Waals surface area contributed by atoms with E-state index >= 15 is 0 Å². The number of nitrogens with zero attached hydrogens (tertiary/aromatic N) is 1. The summed E-state index contributed by atoms with van der Waals surface area (Å²) in [7, 11) is 4.00. The number of hydrogen-bond donors (Lipinski definition) is 2. The molecule has 0 saturated carbocycles. The maximum absolute atomic E-state index is 9.80. The van der Waals surface area contributed by atoms with Gasteiger partial charge in [0.05, 0.1) is 12.3 Å². The molecule has 1 unspecified atom stereocenters. The number of hydrogen-bond acceptors (Lipinski definition) is 4. The van der Waals surface area contributed by atoms with E-state index in [-0.39, 0.29) is 11.8 Å². The minimum Gasteiger partial charge on any atom is -0.508 e. The van der Waals surface area contributed by atoms with Crippen molar-refractivity contribution in [3.05, 3.63) is 52.9 Å². The summed E-state index contributed by atoms with van der Waals surface area (Å²) in [5, 5.41) is 13.7. The summed E-state index contributed by atoms with van der Waals surface area (Å²) in [6.45, 7) is 1.21. The van der Waals surface area contributed by atoms with Crippen LogP contribution < -0.4 is 5.32 Å². The smallest absolute Gasteiger partial charge is 0.122 e. The maximum atomic E-state index is 9.80. The lowest BCUT2D eigenvalue weighted by atomic mass is 10.1. The fourth-order valence-corrected chi connectivity index (χ4v) is 2.31. The molecule has 0 aliphatic carbocycles. The van der Waals surface area contributed by atoms with E-state index in [1.807, 2.05) is 26.2 Å². The van der Waals surface area contributed by atoms with Gasteiger partial charge in [-0.25, -0.2) is 0 Å². The molecule has 2 rings (SSSR count). The first-order chi connectivity index (χ1) is 9.59. The van der Waals surface area contributed by atoms with E-state index in [4.69, 9.17) is 16.0 Å². The third-order valence-electron chi connectivity index (χ3n) is 3.23. The summed E-state index contributed by atoms with van der Waals surface area (Å²) in [6, 6.07) is 9.11. The van der Waals surface area contributed by atoms with E-state index in [9.17, 15) is 5.11 Å². The predicted octanol–water partition coefficient (Wildman–Crippen LogP) is 3.03. The Morgan fingerprint density at radius 1 is 1.30 bits per heavy atom. The van der Waals surface area contributed by atoms with Crippen LogP contribution in [0.15, 0.2) is 41.0 Å². The molecule has 1 heterocycles. The van der Waals surface area contributed by atoms with E-state index in [2.05, 4.69) is 10.2 Å². The molecule has 0 amide bonds. The van der Waals surface area contributed by atoms with Gasteiger partial charge in [-0.1, -0.05) is 17.7 Å². The highest BCUT2D eigenvalue weighted by molar-refractivity contribution is 6.31. The monoisotopic (exact) mass is 294 g/mol. The molecule has 0 radical (unpaired) electrons. The third kappa shape index (κ3) is 3.54. The van der Waals surface area contributed by atoms with Crippen LogP contribution in [0.2, 0.25) is 5.02 Å². The van der Waals surface area contributed by atoms with Crippen molar-refractivity contribution in [1.29, 1.82) is 0 Å². The number of phenolic OH excluding ortho intramolecular Hbond substituents is 1. The number of nitrogens with one attached hydrogen (secondary N) is 1. The van der Waals surface area contributed by atoms with Crippen molar-refractivity contribution in [3.63, 3.8) is 0 Å². The Morgan fingerprint density at radius 2 is 2.10 bits per heavy atom. The van der Waals surface area contributed by atoms with Crippen molar-refractivity contribution in [2.45, 2.75) is 12.6 Å². The Morgan fingerprint density at radius 3 is 2.70 bits per heavy atom. The van der Waals surface area contributed by atoms with E-state index in [1.165, 1.54) is 0 Å². The number of furan rings is 1. The fraction of sp³-hybridized carbons (Fsp3) is 0.333. The van der Waals surface area contributed by atoms with Crippen molar-refractivity contribution in [2.75, 3.05) is 20.6 Å². The molecular formula is C15H19ClN2O2. The number of rotatable bonds is 6. The Balaban J connectivity index is 1.97. The summed E-state index contributed by atoms with van der Waals surface area (Å²) in [5.41, 5.74) is 0.714. The first-order valence-corrected chi connectivity index (χ1v) is 6.84. The number of halogens is 1. The Kier molecular flexibility index (Phi) is 5.06. The van der Waals surface area contributed by atoms with Crippen molar-refractivity contribution >= 4 is 11.6 Å². The van der Waals surface area contributed by atoms with Gasteiger partial charge >= 0.3 is 0 Å². The third-order valence-corrected chi connectivity index (χ3v) is 3.58. The van der Waals surface area contributed by atoms with Crippen LogP contribution in [0.4, 0.5) is 0 Å². The van der Waals surface area contributed by atoms with Crippen LogP contribution in [0.5, 0.6) is 5.75 Å². The molecule has 1 atom stereocenters. The normalized spacial score (nSPS) is 12.8. The van der Waals surface area contributed by atoms with Crippen molar-refractivity contribution in [3.8, 4) is 5.75 Å². The predicted molar refractivity (Wildman–Crippen MR) is 80.0 cm³/mol. The minimum absolute atomic E-state index is 0.134. The van der Waals surface area contributed by atoms with Gasteiger partial charge in [0.2, 0.25) is 0 Å². The van der Waals surface area contributed by atoms with Crippen molar-refractivity contribution in [1.82, 2.24) is 10.2 Å². The second-order valence-electron chi connectivity index (χ2n) is 4.86. The lowest BCUT2D eigenvalue weighted by Crippen LogP contribution is -2.30. The highest BCUT2D eigenvalue weighted by Gasteiger charge is 2.16. The maximum Gasteiger partial charge on any atom is 0.122 e. The second kappa shape index (κ2) is 6.79. The van der Waals surface area contributed by atoms with Crippen LogP contribution >= 0.6 is 11.6 Å². The summed E-state index contributed by atoms with van der Waals surface area (Å²) in [4.78, 5) is 2.08. The highest BCUT2D eigenvalue weighted by atomic mass is 35.5. The van der Waals surface area contributed by atoms with E-state index in [0.717, 1.165) is 5.76 Å². The first-order valence-electron chi connectivity index (χ1n) is 6.46. The number of phenols is 1. The van der Waals surface area contributed by atoms with E-state index in [0.29, 0.717) is 23.7 Å². The van der Waals surface area contributed by atoms with Crippen LogP contribution in [0.25, 0.3) is 0 Å². The standard InChI is InChI=1S/C15H19ClN2O2/c1-18(2)13(15-7-4-8-20-15)10-17-9-11-12(16)5-3-6-14(11)19/h3-8,13,17,19H,9-10H2,1-2H3. The Labute approximate surface area is 124 Å². The van der Waals surface area contributed by atoms with Gasteiger partial charge < -0.3 is 14.8 Å². The van der Waals surface area contributed by atoms with Gasteiger partial charge in [0, 0.05) is 23.7 Å². The van der Waals surface area contributed by atoms with Crippen LogP contribution in [-0.2, 0) is 6.54 Å². The van der Waals surface area contributed by atoms with Crippen molar-refractivity contribution < 1.29 is 9.52 Å². The molecule has 4 nitrogen and oxygen atoms in total. The SMILES string of the molecule is CN(C)C(CNCc1c(O)cccc1Cl)c1ccco1. The van der Waals surface area contributed by atoms with Gasteiger partial charge in [-0.3, -0.25) is 4.90 Å². The minimum atomic E-state index is 0.134. The fourth-order valence-electron chi connectivity index (χ4n) is 2.07. The van der Waals surface area contributed by atoms with Gasteiger partial charge in [0.15, 0.2) is 0 Å². The highest BCUT2D eigenvalue weighted by Crippen LogP contribution is 2.25. The Hall–Kier alpha value is -1.49. The Bertz CT molecular complexity index is 521. The molecule has 2 N–H and O–H groups in total. The summed E-state index contributed by atoms with van der Waals surface area (Å²) >= 11 is 6.08. The molecule has 0 saturated heterocycles. The zero-order valence-electron chi connectivity index (χ0n) is 11.6. The number of benzene rings is 1. The zero-order chi connectivity index (χ0) is 14.5. The number of likely N-dealkylation sites (N-methyl/N-ethyl adjacent to an activating group) is 1. The molecule has 5 heteroatoms. The quantitative estimate of drug-likeness (QED) is 0.860. The van der Waals surface area contributed by atoms with Crippen LogP contribution in [-0.4, -0.2) is 30.6 Å². The number of aromatic hydroxyl groups is 1. The van der Waals surface area contributed by atoms with Crippen LogP contribution in [0.3, 0.4) is 0 Å². The summed E-state index contributed by atoms with van der Waals surface area (Å²) < 4.78 is 5.45. The van der Waals surface area contributed by atoms with Gasteiger partial charge in [-0.15, -0.1) is 0 Å². The zero-order valence-corrected chi connectivity index (χ0v) is 12.4. The van der Waals surface area contributed by atoms with Crippen LogP contribution in [0, 0.1) is 0 Å². The molecule has 0 spiro atoms. The molecule has 20 heavy (non-hydrogen) atoms. The molecule has 2 aromatic rings. The van der Waals surface area contributed by atoms with Gasteiger partial charge in [0.1, 0.15) is 11.5 Å². The summed E-state index contributed by atoms with van der Waals surface area (Å²) in [5.74, 6) is 1.12.